The molecule has 0 aliphatic heterocycles. The summed E-state index contributed by atoms with van der Waals surface area (Å²) >= 11 is 0. The second-order valence-electron chi connectivity index (χ2n) is 21.6. The Kier molecular flexibility index (Phi) is 53.1. The lowest BCUT2D eigenvalue weighted by Crippen LogP contribution is -2.47. The summed E-state index contributed by atoms with van der Waals surface area (Å²) < 4.78 is 30.3. The van der Waals surface area contributed by atoms with E-state index >= 15 is 0 Å². The minimum atomic E-state index is -4.72. The third kappa shape index (κ3) is 56.9. The minimum absolute atomic E-state index is 0.0388. The molecule has 0 radical (unpaired) electrons. The molecule has 0 spiro atoms. The van der Waals surface area contributed by atoms with Crippen LogP contribution in [0.4, 0.5) is 0 Å². The van der Waals surface area contributed by atoms with E-state index in [-0.39, 0.29) is 31.3 Å². The molecule has 0 aromatic heterocycles. The first-order valence-electron chi connectivity index (χ1n) is 30.9. The molecule has 0 aromatic rings. The van der Waals surface area contributed by atoms with E-state index in [1.165, 1.54) is 109 Å². The predicted molar refractivity (Wildman–Crippen MR) is 330 cm³/mol. The largest absolute Gasteiger partial charge is 0.756 e. The molecule has 0 fully saturated rings. The zero-order chi connectivity index (χ0) is 56.4. The van der Waals surface area contributed by atoms with Crippen molar-refractivity contribution >= 4 is 19.7 Å². The highest BCUT2D eigenvalue weighted by atomic mass is 31.2. The second kappa shape index (κ2) is 55.7. The maximum atomic E-state index is 13.5. The van der Waals surface area contributed by atoms with Gasteiger partial charge in [0.15, 0.2) is 0 Å². The molecule has 0 rings (SSSR count). The number of phosphoric ester groups is 1. The number of carbonyl (C=O) groups is 2. The Morgan fingerprint density at radius 2 is 0.883 bits per heavy atom. The van der Waals surface area contributed by atoms with Crippen LogP contribution in [0.3, 0.4) is 0 Å². The smallest absolute Gasteiger partial charge is 0.306 e. The summed E-state index contributed by atoms with van der Waals surface area (Å²) in [7, 11) is 1.13. The van der Waals surface area contributed by atoms with E-state index in [9.17, 15) is 19.0 Å². The van der Waals surface area contributed by atoms with Gasteiger partial charge >= 0.3 is 5.97 Å². The maximum Gasteiger partial charge on any atom is 0.306 e. The Morgan fingerprint density at radius 3 is 1.40 bits per heavy atom. The molecule has 1 amide bonds. The monoisotopic (exact) mass is 1090 g/mol. The third-order valence-electron chi connectivity index (χ3n) is 13.0. The first-order chi connectivity index (χ1) is 37.4. The van der Waals surface area contributed by atoms with E-state index in [0.29, 0.717) is 23.9 Å². The molecule has 3 unspecified atom stereocenters. The Bertz CT molecular complexity index is 1730. The van der Waals surface area contributed by atoms with E-state index in [1.54, 1.807) is 0 Å². The first kappa shape index (κ1) is 73.4. The van der Waals surface area contributed by atoms with Crippen LogP contribution in [-0.4, -0.2) is 69.4 Å². The zero-order valence-corrected chi connectivity index (χ0v) is 51.0. The van der Waals surface area contributed by atoms with Crippen molar-refractivity contribution in [1.82, 2.24) is 5.32 Å². The van der Waals surface area contributed by atoms with Gasteiger partial charge in [-0.05, 0) is 89.5 Å². The number of carbonyl (C=O) groups excluding carboxylic acids is 2. The van der Waals surface area contributed by atoms with Crippen molar-refractivity contribution in [3.63, 3.8) is 0 Å². The van der Waals surface area contributed by atoms with Gasteiger partial charge in [-0.2, -0.15) is 0 Å². The van der Waals surface area contributed by atoms with Crippen LogP contribution in [0.1, 0.15) is 239 Å². The highest BCUT2D eigenvalue weighted by Gasteiger charge is 2.27. The molecule has 10 heteroatoms. The third-order valence-corrected chi connectivity index (χ3v) is 14.0. The van der Waals surface area contributed by atoms with E-state index in [4.69, 9.17) is 13.8 Å². The molecular formula is C67H115N2O7P. The Hall–Kier alpha value is -3.59. The van der Waals surface area contributed by atoms with Gasteiger partial charge in [0, 0.05) is 12.8 Å². The lowest BCUT2D eigenvalue weighted by atomic mass is 10.0. The molecular weight excluding hydrogens is 976 g/mol. The molecule has 0 bridgehead atoms. The summed E-state index contributed by atoms with van der Waals surface area (Å²) in [5.41, 5.74) is 0. The van der Waals surface area contributed by atoms with Gasteiger partial charge in [0.25, 0.3) is 7.82 Å². The van der Waals surface area contributed by atoms with Crippen LogP contribution in [0, 0.1) is 0 Å². The van der Waals surface area contributed by atoms with Crippen LogP contribution in [0.2, 0.25) is 0 Å². The van der Waals surface area contributed by atoms with Crippen molar-refractivity contribution in [2.75, 3.05) is 40.9 Å². The predicted octanol–water partition coefficient (Wildman–Crippen LogP) is 18.5. The highest BCUT2D eigenvalue weighted by molar-refractivity contribution is 7.45. The van der Waals surface area contributed by atoms with E-state index in [0.717, 1.165) is 83.5 Å². The van der Waals surface area contributed by atoms with E-state index < -0.39 is 26.6 Å². The van der Waals surface area contributed by atoms with Gasteiger partial charge in [0.2, 0.25) is 5.91 Å². The summed E-state index contributed by atoms with van der Waals surface area (Å²) in [4.78, 5) is 39.9. The number of phosphoric acid groups is 1. The Labute approximate surface area is 473 Å². The maximum absolute atomic E-state index is 13.5. The fraction of sp³-hybridized carbons (Fsp3) is 0.672. The summed E-state index contributed by atoms with van der Waals surface area (Å²) in [5, 5.41) is 3.00. The molecule has 0 saturated carbocycles. The van der Waals surface area contributed by atoms with Crippen LogP contribution in [0.25, 0.3) is 0 Å². The molecule has 1 N–H and O–H groups in total. The summed E-state index contributed by atoms with van der Waals surface area (Å²) in [6, 6.07) is -0.921. The molecule has 3 atom stereocenters. The average Bonchev–Trinajstić information content (AvgIpc) is 3.39. The Balaban J connectivity index is 5.27. The fourth-order valence-corrected chi connectivity index (χ4v) is 8.99. The van der Waals surface area contributed by atoms with Gasteiger partial charge in [0.1, 0.15) is 19.3 Å². The average molecular weight is 1090 g/mol. The molecule has 440 valence electrons. The summed E-state index contributed by atoms with van der Waals surface area (Å²) in [6.07, 6.45) is 77.4. The number of quaternary nitrogens is 1. The van der Waals surface area contributed by atoms with E-state index in [2.05, 4.69) is 74.7 Å². The number of hydrogen-bond donors (Lipinski definition) is 1. The lowest BCUT2D eigenvalue weighted by molar-refractivity contribution is -0.870. The Morgan fingerprint density at radius 1 is 0.481 bits per heavy atom. The first-order valence-corrected chi connectivity index (χ1v) is 32.4. The number of allylic oxidation sites excluding steroid dienone is 19. The molecule has 77 heavy (non-hydrogen) atoms. The van der Waals surface area contributed by atoms with Crippen LogP contribution in [0.15, 0.2) is 122 Å². The molecule has 0 heterocycles. The highest BCUT2D eigenvalue weighted by Crippen LogP contribution is 2.38. The van der Waals surface area contributed by atoms with Gasteiger partial charge in [-0.25, -0.2) is 0 Å². The van der Waals surface area contributed by atoms with Crippen molar-refractivity contribution in [1.29, 1.82) is 0 Å². The van der Waals surface area contributed by atoms with E-state index in [1.807, 2.05) is 94.1 Å². The molecule has 0 aliphatic rings. The van der Waals surface area contributed by atoms with Crippen molar-refractivity contribution in [2.24, 2.45) is 0 Å². The number of rotatable bonds is 54. The number of unbranched alkanes of at least 4 members (excludes halogenated alkanes) is 25. The van der Waals surface area contributed by atoms with Gasteiger partial charge in [-0.15, -0.1) is 0 Å². The SMILES string of the molecule is CC\C=C/C=C/C=C/C=C\C=C\C=C\CCCCCC(=O)NC(COP(=O)([O-])OCC[N+](C)(C)C)C(/C=C\CCCCCCCCCCC)OC(=O)CCCCCCCCCCCC/C=C\C/C=C\C/C=C\CCCCC. The summed E-state index contributed by atoms with van der Waals surface area (Å²) in [5.74, 6) is -0.605. The fourth-order valence-electron chi connectivity index (χ4n) is 8.27. The molecule has 0 aromatic carbocycles. The molecule has 0 saturated heterocycles. The van der Waals surface area contributed by atoms with Gasteiger partial charge < -0.3 is 28.5 Å². The minimum Gasteiger partial charge on any atom is -0.756 e. The number of esters is 1. The number of hydrogen-bond acceptors (Lipinski definition) is 7. The normalized spacial score (nSPS) is 14.5. The molecule has 9 nitrogen and oxygen atoms in total. The number of nitrogens with zero attached hydrogens (tertiary/aromatic N) is 1. The van der Waals surface area contributed by atoms with Crippen molar-refractivity contribution in [3.05, 3.63) is 122 Å². The van der Waals surface area contributed by atoms with Gasteiger partial charge in [-0.3, -0.25) is 14.2 Å². The number of ether oxygens (including phenoxy) is 1. The van der Waals surface area contributed by atoms with Crippen LogP contribution in [-0.2, 0) is 27.9 Å². The van der Waals surface area contributed by atoms with Gasteiger partial charge in [-0.1, -0.05) is 258 Å². The van der Waals surface area contributed by atoms with Crippen molar-refractivity contribution < 1.29 is 37.3 Å². The number of likely N-dealkylation sites (N-methyl/N-ethyl adjacent to an activating group) is 1. The van der Waals surface area contributed by atoms with Crippen LogP contribution < -0.4 is 10.2 Å². The zero-order valence-electron chi connectivity index (χ0n) is 50.1. The second-order valence-corrected chi connectivity index (χ2v) is 23.0. The topological polar surface area (TPSA) is 114 Å². The molecule has 0 aliphatic carbocycles. The lowest BCUT2D eigenvalue weighted by Gasteiger charge is -2.30. The number of amides is 1. The van der Waals surface area contributed by atoms with Crippen LogP contribution >= 0.6 is 7.82 Å². The van der Waals surface area contributed by atoms with Crippen LogP contribution in [0.5, 0.6) is 0 Å². The quantitative estimate of drug-likeness (QED) is 0.0161. The number of nitrogens with one attached hydrogen (secondary N) is 1. The summed E-state index contributed by atoms with van der Waals surface area (Å²) in [6.45, 7) is 6.61. The standard InChI is InChI=1S/C67H115N2O7P/c1-7-10-13-16-19-22-25-27-29-31-32-33-34-35-36-38-40-42-45-48-51-54-57-60-67(71)76-65(58-55-52-49-46-43-24-21-18-15-12-9-3)64(63-75-77(72,73)74-62-61-69(4,5)6)68-66(70)59-56-53-50-47-44-41-39-37-30-28-26-23-20-17-14-11-8-2/h11,14,17,19-20,22-23,26-30,32-33,37,39,41,44,55,58,64-65H,7-10,12-13,15-16,18,21,24-25,31,34-36,38,40,42-43,45-54,56-57,59-63H2,1-6H3,(H-,68,70,72,73)/b14-11-,20-17+,22-19-,26-23+,29-27-,30-28-,33-32-,39-37+,44-41+,58-55-. The van der Waals surface area contributed by atoms with Crippen molar-refractivity contribution in [2.45, 2.75) is 251 Å². The van der Waals surface area contributed by atoms with Gasteiger partial charge in [0.05, 0.1) is 33.8 Å². The van der Waals surface area contributed by atoms with Crippen molar-refractivity contribution in [3.8, 4) is 0 Å².